The molecule has 0 amide bonds. The molecule has 0 aliphatic carbocycles. The Balaban J connectivity index is 1.62. The van der Waals surface area contributed by atoms with E-state index in [4.69, 9.17) is 0 Å². The van der Waals surface area contributed by atoms with Crippen LogP contribution in [0.1, 0.15) is 16.7 Å². The molecule has 0 aliphatic heterocycles. The summed E-state index contributed by atoms with van der Waals surface area (Å²) < 4.78 is 0. The van der Waals surface area contributed by atoms with Crippen LogP contribution in [-0.4, -0.2) is 16.5 Å². The lowest BCUT2D eigenvalue weighted by Gasteiger charge is -2.11. The Morgan fingerprint density at radius 1 is 0.958 bits per heavy atom. The van der Waals surface area contributed by atoms with Gasteiger partial charge in [-0.3, -0.25) is 0 Å². The normalized spacial score (nSPS) is 10.4. The van der Waals surface area contributed by atoms with Crippen LogP contribution < -0.4 is 10.6 Å². The predicted molar refractivity (Wildman–Crippen MR) is 99.9 cm³/mol. The first-order chi connectivity index (χ1) is 11.7. The van der Waals surface area contributed by atoms with Gasteiger partial charge in [-0.1, -0.05) is 42.5 Å². The SMILES string of the molecule is Cc1ccc(C)c(Nc2nccc(NCCc3ccccc3)n2)c1. The quantitative estimate of drug-likeness (QED) is 0.703. The molecule has 122 valence electrons. The maximum absolute atomic E-state index is 4.54. The van der Waals surface area contributed by atoms with Crippen LogP contribution in [0.2, 0.25) is 0 Å². The van der Waals surface area contributed by atoms with Crippen molar-refractivity contribution in [1.29, 1.82) is 0 Å². The standard InChI is InChI=1S/C20H22N4/c1-15-8-9-16(2)18(14-15)23-20-22-13-11-19(24-20)21-12-10-17-6-4-3-5-7-17/h3-9,11,13-14H,10,12H2,1-2H3,(H2,21,22,23,24). The van der Waals surface area contributed by atoms with Gasteiger partial charge in [-0.05, 0) is 49.1 Å². The van der Waals surface area contributed by atoms with Crippen LogP contribution >= 0.6 is 0 Å². The second-order valence-electron chi connectivity index (χ2n) is 5.87. The lowest BCUT2D eigenvalue weighted by Crippen LogP contribution is -2.08. The molecule has 4 heteroatoms. The van der Waals surface area contributed by atoms with E-state index in [1.165, 1.54) is 16.7 Å². The van der Waals surface area contributed by atoms with Crippen molar-refractivity contribution in [3.8, 4) is 0 Å². The largest absolute Gasteiger partial charge is 0.370 e. The third kappa shape index (κ3) is 4.32. The zero-order valence-electron chi connectivity index (χ0n) is 14.1. The Kier molecular flexibility index (Phi) is 5.06. The third-order valence-corrected chi connectivity index (χ3v) is 3.86. The molecule has 1 aromatic heterocycles. The number of anilines is 3. The molecule has 3 rings (SSSR count). The van der Waals surface area contributed by atoms with E-state index in [1.807, 2.05) is 12.1 Å². The van der Waals surface area contributed by atoms with Crippen LogP contribution in [-0.2, 0) is 6.42 Å². The topological polar surface area (TPSA) is 49.8 Å². The average Bonchev–Trinajstić information content (AvgIpc) is 2.60. The summed E-state index contributed by atoms with van der Waals surface area (Å²) in [6.07, 6.45) is 2.73. The van der Waals surface area contributed by atoms with E-state index in [2.05, 4.69) is 76.9 Å². The second kappa shape index (κ2) is 7.59. The molecule has 24 heavy (non-hydrogen) atoms. The number of nitrogens with one attached hydrogen (secondary N) is 2. The Labute approximate surface area is 143 Å². The van der Waals surface area contributed by atoms with Gasteiger partial charge >= 0.3 is 0 Å². The summed E-state index contributed by atoms with van der Waals surface area (Å²) >= 11 is 0. The molecule has 2 N–H and O–H groups in total. The molecule has 0 radical (unpaired) electrons. The highest BCUT2D eigenvalue weighted by Gasteiger charge is 2.03. The first-order valence-corrected chi connectivity index (χ1v) is 8.16. The van der Waals surface area contributed by atoms with Crippen LogP contribution in [0.3, 0.4) is 0 Å². The summed E-state index contributed by atoms with van der Waals surface area (Å²) in [5, 5.41) is 6.65. The molecule has 0 saturated heterocycles. The zero-order valence-corrected chi connectivity index (χ0v) is 14.1. The maximum atomic E-state index is 4.54. The van der Waals surface area contributed by atoms with Crippen LogP contribution in [0.4, 0.5) is 17.5 Å². The van der Waals surface area contributed by atoms with Gasteiger partial charge in [0, 0.05) is 18.4 Å². The Morgan fingerprint density at radius 3 is 2.62 bits per heavy atom. The molecule has 1 heterocycles. The average molecular weight is 318 g/mol. The highest BCUT2D eigenvalue weighted by atomic mass is 15.1. The number of aryl methyl sites for hydroxylation is 2. The summed E-state index contributed by atoms with van der Waals surface area (Å²) in [6.45, 7) is 4.99. The highest BCUT2D eigenvalue weighted by Crippen LogP contribution is 2.20. The second-order valence-corrected chi connectivity index (χ2v) is 5.87. The minimum Gasteiger partial charge on any atom is -0.370 e. The van der Waals surface area contributed by atoms with E-state index in [1.54, 1.807) is 6.20 Å². The van der Waals surface area contributed by atoms with Crippen molar-refractivity contribution in [2.75, 3.05) is 17.2 Å². The monoisotopic (exact) mass is 318 g/mol. The van der Waals surface area contributed by atoms with Gasteiger partial charge in [-0.25, -0.2) is 4.98 Å². The molecule has 0 saturated carbocycles. The summed E-state index contributed by atoms with van der Waals surface area (Å²) in [6, 6.07) is 18.6. The Bertz CT molecular complexity index is 800. The fourth-order valence-corrected chi connectivity index (χ4v) is 2.49. The van der Waals surface area contributed by atoms with Crippen molar-refractivity contribution in [2.45, 2.75) is 20.3 Å². The van der Waals surface area contributed by atoms with Gasteiger partial charge in [0.1, 0.15) is 5.82 Å². The van der Waals surface area contributed by atoms with E-state index in [-0.39, 0.29) is 0 Å². The van der Waals surface area contributed by atoms with E-state index in [0.717, 1.165) is 24.5 Å². The van der Waals surface area contributed by atoms with E-state index in [0.29, 0.717) is 5.95 Å². The molecule has 3 aromatic rings. The summed E-state index contributed by atoms with van der Waals surface area (Å²) in [4.78, 5) is 8.85. The van der Waals surface area contributed by atoms with Crippen LogP contribution in [0.15, 0.2) is 60.8 Å². The Morgan fingerprint density at radius 2 is 1.79 bits per heavy atom. The van der Waals surface area contributed by atoms with Gasteiger partial charge in [0.15, 0.2) is 0 Å². The first-order valence-electron chi connectivity index (χ1n) is 8.16. The molecule has 0 fully saturated rings. The maximum Gasteiger partial charge on any atom is 0.229 e. The molecule has 0 spiro atoms. The number of nitrogens with zero attached hydrogens (tertiary/aromatic N) is 2. The molecule has 0 atom stereocenters. The number of hydrogen-bond acceptors (Lipinski definition) is 4. The van der Waals surface area contributed by atoms with Gasteiger partial charge in [0.05, 0.1) is 0 Å². The lowest BCUT2D eigenvalue weighted by molar-refractivity contribution is 1.00. The van der Waals surface area contributed by atoms with Crippen LogP contribution in [0, 0.1) is 13.8 Å². The molecule has 0 unspecified atom stereocenters. The van der Waals surface area contributed by atoms with Gasteiger partial charge in [-0.15, -0.1) is 0 Å². The van der Waals surface area contributed by atoms with E-state index < -0.39 is 0 Å². The molecule has 0 bridgehead atoms. The van der Waals surface area contributed by atoms with Crippen molar-refractivity contribution in [1.82, 2.24) is 9.97 Å². The zero-order chi connectivity index (χ0) is 16.8. The fourth-order valence-electron chi connectivity index (χ4n) is 2.49. The Hall–Kier alpha value is -2.88. The van der Waals surface area contributed by atoms with Crippen LogP contribution in [0.5, 0.6) is 0 Å². The van der Waals surface area contributed by atoms with Crippen molar-refractivity contribution in [3.05, 3.63) is 77.5 Å². The number of benzene rings is 2. The number of hydrogen-bond donors (Lipinski definition) is 2. The molecular formula is C20H22N4. The highest BCUT2D eigenvalue weighted by molar-refractivity contribution is 5.60. The van der Waals surface area contributed by atoms with E-state index >= 15 is 0 Å². The van der Waals surface area contributed by atoms with Crippen LogP contribution in [0.25, 0.3) is 0 Å². The van der Waals surface area contributed by atoms with Gasteiger partial charge < -0.3 is 10.6 Å². The summed E-state index contributed by atoms with van der Waals surface area (Å²) in [7, 11) is 0. The van der Waals surface area contributed by atoms with Crippen molar-refractivity contribution in [2.24, 2.45) is 0 Å². The smallest absolute Gasteiger partial charge is 0.229 e. The minimum atomic E-state index is 0.605. The van der Waals surface area contributed by atoms with Crippen molar-refractivity contribution < 1.29 is 0 Å². The fraction of sp³-hybridized carbons (Fsp3) is 0.200. The van der Waals surface area contributed by atoms with Gasteiger partial charge in [-0.2, -0.15) is 4.98 Å². The van der Waals surface area contributed by atoms with Crippen molar-refractivity contribution >= 4 is 17.5 Å². The predicted octanol–water partition coefficient (Wildman–Crippen LogP) is 4.49. The van der Waals surface area contributed by atoms with Gasteiger partial charge in [0.25, 0.3) is 0 Å². The lowest BCUT2D eigenvalue weighted by atomic mass is 10.1. The number of rotatable bonds is 6. The summed E-state index contributed by atoms with van der Waals surface area (Å²) in [5.74, 6) is 1.43. The molecule has 0 aliphatic rings. The van der Waals surface area contributed by atoms with E-state index in [9.17, 15) is 0 Å². The van der Waals surface area contributed by atoms with Gasteiger partial charge in [0.2, 0.25) is 5.95 Å². The minimum absolute atomic E-state index is 0.605. The van der Waals surface area contributed by atoms with Crippen molar-refractivity contribution in [3.63, 3.8) is 0 Å². The first kappa shape index (κ1) is 16.0. The summed E-state index contributed by atoms with van der Waals surface area (Å²) in [5.41, 5.74) is 4.73. The molecule has 4 nitrogen and oxygen atoms in total. The number of aromatic nitrogens is 2. The molecular weight excluding hydrogens is 296 g/mol. The third-order valence-electron chi connectivity index (χ3n) is 3.86. The molecule has 2 aromatic carbocycles.